The molecule has 1 aromatic heterocycles. The first-order valence-corrected chi connectivity index (χ1v) is 10.8. The van der Waals surface area contributed by atoms with Gasteiger partial charge in [-0.25, -0.2) is 4.98 Å². The molecule has 0 bridgehead atoms. The van der Waals surface area contributed by atoms with Gasteiger partial charge in [-0.1, -0.05) is 6.07 Å². The number of nitrogens with one attached hydrogen (secondary N) is 1. The molecule has 1 amide bonds. The van der Waals surface area contributed by atoms with Gasteiger partial charge in [0.15, 0.2) is 0 Å². The average molecular weight is 400 g/mol. The van der Waals surface area contributed by atoms with E-state index in [0.717, 1.165) is 48.7 Å². The van der Waals surface area contributed by atoms with Gasteiger partial charge in [0.1, 0.15) is 0 Å². The van der Waals surface area contributed by atoms with Gasteiger partial charge < -0.3 is 14.4 Å². The minimum Gasteiger partial charge on any atom is -0.386 e. The summed E-state index contributed by atoms with van der Waals surface area (Å²) in [4.78, 5) is 17.5. The maximum Gasteiger partial charge on any atom is 0.229 e. The number of fused-ring (bicyclic) bond motifs is 1. The highest BCUT2D eigenvalue weighted by Gasteiger charge is 2.31. The molecular formula is C23H33N3O3. The molecule has 6 heteroatoms. The summed E-state index contributed by atoms with van der Waals surface area (Å²) in [7, 11) is 0. The van der Waals surface area contributed by atoms with Gasteiger partial charge in [0.25, 0.3) is 0 Å². The SMILES string of the molecule is CC1(C)CCCC(CC(=O)Nc2nc3ccc(C(C)(C)O)cc3n2C2CCC2)O1. The van der Waals surface area contributed by atoms with Crippen LogP contribution >= 0.6 is 0 Å². The van der Waals surface area contributed by atoms with E-state index in [1.807, 2.05) is 18.2 Å². The van der Waals surface area contributed by atoms with Crippen LogP contribution < -0.4 is 5.32 Å². The minimum atomic E-state index is -0.919. The Bertz CT molecular complexity index is 906. The average Bonchev–Trinajstić information content (AvgIpc) is 2.88. The first-order valence-electron chi connectivity index (χ1n) is 10.8. The number of hydrogen-bond donors (Lipinski definition) is 2. The van der Waals surface area contributed by atoms with E-state index >= 15 is 0 Å². The second-order valence-electron chi connectivity index (χ2n) is 9.80. The zero-order valence-electron chi connectivity index (χ0n) is 18.0. The first-order chi connectivity index (χ1) is 13.6. The van der Waals surface area contributed by atoms with Crippen LogP contribution in [0.15, 0.2) is 18.2 Å². The van der Waals surface area contributed by atoms with E-state index in [1.165, 1.54) is 6.42 Å². The summed E-state index contributed by atoms with van der Waals surface area (Å²) in [5.74, 6) is 0.559. The summed E-state index contributed by atoms with van der Waals surface area (Å²) in [5, 5.41) is 13.5. The van der Waals surface area contributed by atoms with Gasteiger partial charge in [-0.3, -0.25) is 10.1 Å². The van der Waals surface area contributed by atoms with Crippen molar-refractivity contribution in [1.82, 2.24) is 9.55 Å². The van der Waals surface area contributed by atoms with E-state index in [1.54, 1.807) is 13.8 Å². The number of ether oxygens (including phenoxy) is 1. The zero-order valence-corrected chi connectivity index (χ0v) is 18.0. The van der Waals surface area contributed by atoms with Crippen molar-refractivity contribution in [3.8, 4) is 0 Å². The molecule has 1 unspecified atom stereocenters. The van der Waals surface area contributed by atoms with Crippen LogP contribution in [0.2, 0.25) is 0 Å². The summed E-state index contributed by atoms with van der Waals surface area (Å²) in [6, 6.07) is 6.19. The van der Waals surface area contributed by atoms with E-state index in [2.05, 4.69) is 23.7 Å². The topological polar surface area (TPSA) is 76.4 Å². The maximum absolute atomic E-state index is 12.8. The van der Waals surface area contributed by atoms with Crippen molar-refractivity contribution in [3.63, 3.8) is 0 Å². The van der Waals surface area contributed by atoms with Crippen LogP contribution in [0.3, 0.4) is 0 Å². The Morgan fingerprint density at radius 1 is 1.31 bits per heavy atom. The molecule has 4 rings (SSSR count). The molecule has 158 valence electrons. The lowest BCUT2D eigenvalue weighted by atomic mass is 9.92. The van der Waals surface area contributed by atoms with E-state index < -0.39 is 5.60 Å². The summed E-state index contributed by atoms with van der Waals surface area (Å²) in [6.45, 7) is 7.75. The second kappa shape index (κ2) is 7.40. The number of aromatic nitrogens is 2. The van der Waals surface area contributed by atoms with Crippen LogP contribution in [-0.4, -0.2) is 32.3 Å². The van der Waals surface area contributed by atoms with E-state index in [0.29, 0.717) is 18.4 Å². The third-order valence-electron chi connectivity index (χ3n) is 6.29. The molecule has 1 atom stereocenters. The molecule has 0 spiro atoms. The second-order valence-corrected chi connectivity index (χ2v) is 9.80. The number of carbonyl (C=O) groups is 1. The predicted molar refractivity (Wildman–Crippen MR) is 114 cm³/mol. The standard InChI is InChI=1S/C23H33N3O3/c1-22(2)12-6-9-17(29-22)14-20(27)25-21-24-18-11-10-15(23(3,4)28)13-19(18)26(21)16-7-5-8-16/h10-11,13,16-17,28H,5-9,12,14H2,1-4H3,(H,24,25,27). The lowest BCUT2D eigenvalue weighted by Gasteiger charge is -2.35. The van der Waals surface area contributed by atoms with Crippen LogP contribution in [0.4, 0.5) is 5.95 Å². The lowest BCUT2D eigenvalue weighted by Crippen LogP contribution is -2.37. The highest BCUT2D eigenvalue weighted by atomic mass is 16.5. The molecule has 2 fully saturated rings. The number of anilines is 1. The van der Waals surface area contributed by atoms with Crippen LogP contribution in [0.1, 0.15) is 84.2 Å². The Morgan fingerprint density at radius 2 is 2.07 bits per heavy atom. The molecule has 0 radical (unpaired) electrons. The van der Waals surface area contributed by atoms with Crippen LogP contribution in [0.5, 0.6) is 0 Å². The molecule has 29 heavy (non-hydrogen) atoms. The number of aliphatic hydroxyl groups is 1. The number of nitrogens with zero attached hydrogens (tertiary/aromatic N) is 2. The Balaban J connectivity index is 1.58. The zero-order chi connectivity index (χ0) is 20.8. The highest BCUT2D eigenvalue weighted by molar-refractivity contribution is 5.92. The smallest absolute Gasteiger partial charge is 0.229 e. The van der Waals surface area contributed by atoms with Gasteiger partial charge in [0, 0.05) is 6.04 Å². The van der Waals surface area contributed by atoms with E-state index in [-0.39, 0.29) is 17.6 Å². The van der Waals surface area contributed by atoms with Crippen molar-refractivity contribution in [2.75, 3.05) is 5.32 Å². The first kappa shape index (κ1) is 20.4. The number of carbonyl (C=O) groups excluding carboxylic acids is 1. The number of imidazole rings is 1. The molecule has 1 aliphatic heterocycles. The monoisotopic (exact) mass is 399 g/mol. The number of benzene rings is 1. The van der Waals surface area contributed by atoms with Gasteiger partial charge in [-0.15, -0.1) is 0 Å². The quantitative estimate of drug-likeness (QED) is 0.766. The predicted octanol–water partition coefficient (Wildman–Crippen LogP) is 4.67. The Labute approximate surface area is 172 Å². The van der Waals surface area contributed by atoms with Crippen molar-refractivity contribution < 1.29 is 14.6 Å². The molecule has 1 aromatic carbocycles. The largest absolute Gasteiger partial charge is 0.386 e. The normalized spacial score (nSPS) is 22.4. The Kier molecular flexibility index (Phi) is 5.20. The van der Waals surface area contributed by atoms with Gasteiger partial charge >= 0.3 is 0 Å². The van der Waals surface area contributed by atoms with Crippen molar-refractivity contribution in [2.45, 2.75) is 96.0 Å². The van der Waals surface area contributed by atoms with Crippen molar-refractivity contribution >= 4 is 22.9 Å². The summed E-state index contributed by atoms with van der Waals surface area (Å²) < 4.78 is 8.24. The number of hydrogen-bond acceptors (Lipinski definition) is 4. The third-order valence-corrected chi connectivity index (χ3v) is 6.29. The molecule has 1 aliphatic carbocycles. The van der Waals surface area contributed by atoms with Crippen LogP contribution in [0, 0.1) is 0 Å². The Morgan fingerprint density at radius 3 is 2.69 bits per heavy atom. The number of rotatable bonds is 5. The van der Waals surface area contributed by atoms with E-state index in [4.69, 9.17) is 9.72 Å². The van der Waals surface area contributed by atoms with Gasteiger partial charge in [0.2, 0.25) is 11.9 Å². The molecule has 2 aliphatic rings. The van der Waals surface area contributed by atoms with Crippen molar-refractivity contribution in [2.24, 2.45) is 0 Å². The summed E-state index contributed by atoms with van der Waals surface area (Å²) in [5.41, 5.74) is 1.59. The fourth-order valence-electron chi connectivity index (χ4n) is 4.43. The fraction of sp³-hybridized carbons (Fsp3) is 0.652. The summed E-state index contributed by atoms with van der Waals surface area (Å²) in [6.07, 6.45) is 6.71. The fourth-order valence-corrected chi connectivity index (χ4v) is 4.43. The minimum absolute atomic E-state index is 0.0397. The third kappa shape index (κ3) is 4.33. The molecule has 1 saturated heterocycles. The van der Waals surface area contributed by atoms with E-state index in [9.17, 15) is 9.90 Å². The molecular weight excluding hydrogens is 366 g/mol. The molecule has 2 heterocycles. The highest BCUT2D eigenvalue weighted by Crippen LogP contribution is 2.38. The van der Waals surface area contributed by atoms with Crippen molar-refractivity contribution in [1.29, 1.82) is 0 Å². The van der Waals surface area contributed by atoms with Crippen molar-refractivity contribution in [3.05, 3.63) is 23.8 Å². The molecule has 6 nitrogen and oxygen atoms in total. The maximum atomic E-state index is 12.8. The Hall–Kier alpha value is -1.92. The van der Waals surface area contributed by atoms with Crippen LogP contribution in [-0.2, 0) is 15.1 Å². The van der Waals surface area contributed by atoms with Gasteiger partial charge in [0.05, 0.1) is 34.8 Å². The van der Waals surface area contributed by atoms with Gasteiger partial charge in [-0.2, -0.15) is 0 Å². The molecule has 2 aromatic rings. The lowest BCUT2D eigenvalue weighted by molar-refractivity contribution is -0.131. The van der Waals surface area contributed by atoms with Crippen LogP contribution in [0.25, 0.3) is 11.0 Å². The number of amides is 1. The molecule has 2 N–H and O–H groups in total. The summed E-state index contributed by atoms with van der Waals surface area (Å²) >= 11 is 0. The molecule has 1 saturated carbocycles. The van der Waals surface area contributed by atoms with Gasteiger partial charge in [-0.05, 0) is 83.9 Å².